The molecule has 1 aliphatic heterocycles. The SMILES string of the molecule is C1CCC(C2CCCN2Cc2nnnn2C2CC2)CC1. The Labute approximate surface area is 120 Å². The number of hydrogen-bond acceptors (Lipinski definition) is 4. The molecule has 1 unspecified atom stereocenters. The summed E-state index contributed by atoms with van der Waals surface area (Å²) >= 11 is 0. The van der Waals surface area contributed by atoms with Gasteiger partial charge < -0.3 is 0 Å². The molecule has 5 heteroatoms. The summed E-state index contributed by atoms with van der Waals surface area (Å²) in [5.41, 5.74) is 0. The van der Waals surface area contributed by atoms with E-state index >= 15 is 0 Å². The molecule has 3 fully saturated rings. The van der Waals surface area contributed by atoms with Crippen LogP contribution in [0.4, 0.5) is 0 Å². The van der Waals surface area contributed by atoms with Gasteiger partial charge in [0, 0.05) is 6.04 Å². The van der Waals surface area contributed by atoms with Crippen LogP contribution in [0.15, 0.2) is 0 Å². The maximum atomic E-state index is 4.28. The summed E-state index contributed by atoms with van der Waals surface area (Å²) in [6.07, 6.45) is 12.5. The minimum atomic E-state index is 0.593. The van der Waals surface area contributed by atoms with Gasteiger partial charge in [0.15, 0.2) is 5.82 Å². The molecule has 1 aromatic heterocycles. The van der Waals surface area contributed by atoms with Gasteiger partial charge in [-0.15, -0.1) is 5.10 Å². The second-order valence-corrected chi connectivity index (χ2v) is 6.85. The summed E-state index contributed by atoms with van der Waals surface area (Å²) in [7, 11) is 0. The van der Waals surface area contributed by atoms with Gasteiger partial charge >= 0.3 is 0 Å². The van der Waals surface area contributed by atoms with E-state index in [1.165, 1.54) is 64.3 Å². The Morgan fingerprint density at radius 3 is 2.60 bits per heavy atom. The molecule has 0 radical (unpaired) electrons. The van der Waals surface area contributed by atoms with Gasteiger partial charge in [-0.25, -0.2) is 4.68 Å². The lowest BCUT2D eigenvalue weighted by Crippen LogP contribution is -2.36. The predicted molar refractivity (Wildman–Crippen MR) is 76.1 cm³/mol. The molecule has 0 bridgehead atoms. The van der Waals surface area contributed by atoms with Crippen LogP contribution in [0.2, 0.25) is 0 Å². The molecule has 3 aliphatic rings. The summed E-state index contributed by atoms with van der Waals surface area (Å²) in [4.78, 5) is 2.67. The highest BCUT2D eigenvalue weighted by Crippen LogP contribution is 2.37. The fourth-order valence-electron chi connectivity index (χ4n) is 4.20. The van der Waals surface area contributed by atoms with Crippen LogP contribution in [0.1, 0.15) is 69.7 Å². The molecular formula is C15H25N5. The first-order chi connectivity index (χ1) is 9.92. The molecule has 5 nitrogen and oxygen atoms in total. The topological polar surface area (TPSA) is 46.8 Å². The maximum absolute atomic E-state index is 4.28. The highest BCUT2D eigenvalue weighted by atomic mass is 15.6. The van der Waals surface area contributed by atoms with E-state index in [4.69, 9.17) is 0 Å². The van der Waals surface area contributed by atoms with Crippen molar-refractivity contribution in [3.05, 3.63) is 5.82 Å². The Kier molecular flexibility index (Phi) is 3.46. The fourth-order valence-corrected chi connectivity index (χ4v) is 4.20. The molecule has 20 heavy (non-hydrogen) atoms. The van der Waals surface area contributed by atoms with Crippen molar-refractivity contribution in [2.24, 2.45) is 5.92 Å². The van der Waals surface area contributed by atoms with Crippen LogP contribution in [0.25, 0.3) is 0 Å². The molecule has 0 aromatic carbocycles. The van der Waals surface area contributed by atoms with Gasteiger partial charge in [-0.3, -0.25) is 4.90 Å². The Balaban J connectivity index is 1.45. The number of hydrogen-bond donors (Lipinski definition) is 0. The van der Waals surface area contributed by atoms with Crippen molar-refractivity contribution >= 4 is 0 Å². The van der Waals surface area contributed by atoms with E-state index in [0.29, 0.717) is 6.04 Å². The zero-order valence-electron chi connectivity index (χ0n) is 12.2. The van der Waals surface area contributed by atoms with Crippen LogP contribution in [0.3, 0.4) is 0 Å². The first kappa shape index (κ1) is 12.7. The Morgan fingerprint density at radius 2 is 1.80 bits per heavy atom. The Hall–Kier alpha value is -0.970. The number of likely N-dealkylation sites (tertiary alicyclic amines) is 1. The average Bonchev–Trinajstić information content (AvgIpc) is 3.05. The molecule has 0 amide bonds. The van der Waals surface area contributed by atoms with Crippen LogP contribution in [-0.4, -0.2) is 37.7 Å². The molecule has 1 aromatic rings. The van der Waals surface area contributed by atoms with E-state index in [0.717, 1.165) is 24.3 Å². The van der Waals surface area contributed by atoms with Crippen LogP contribution < -0.4 is 0 Å². The monoisotopic (exact) mass is 275 g/mol. The zero-order valence-corrected chi connectivity index (χ0v) is 12.2. The third-order valence-corrected chi connectivity index (χ3v) is 5.41. The van der Waals surface area contributed by atoms with Crippen LogP contribution in [-0.2, 0) is 6.54 Å². The summed E-state index contributed by atoms with van der Waals surface area (Å²) < 4.78 is 2.08. The van der Waals surface area contributed by atoms with Crippen molar-refractivity contribution in [2.75, 3.05) is 6.54 Å². The summed E-state index contributed by atoms with van der Waals surface area (Å²) in [6.45, 7) is 2.20. The fraction of sp³-hybridized carbons (Fsp3) is 0.933. The predicted octanol–water partition coefficient (Wildman–Crippen LogP) is 2.55. The van der Waals surface area contributed by atoms with Crippen molar-refractivity contribution < 1.29 is 0 Å². The van der Waals surface area contributed by atoms with E-state index in [1.54, 1.807) is 0 Å². The van der Waals surface area contributed by atoms with Gasteiger partial charge in [-0.2, -0.15) is 0 Å². The number of nitrogens with zero attached hydrogens (tertiary/aromatic N) is 5. The molecule has 1 atom stereocenters. The van der Waals surface area contributed by atoms with E-state index < -0.39 is 0 Å². The van der Waals surface area contributed by atoms with Gasteiger partial charge in [0.2, 0.25) is 0 Å². The largest absolute Gasteiger partial charge is 0.293 e. The molecule has 1 saturated heterocycles. The van der Waals surface area contributed by atoms with Gasteiger partial charge in [-0.05, 0) is 61.4 Å². The summed E-state index contributed by atoms with van der Waals surface area (Å²) in [5, 5.41) is 12.4. The van der Waals surface area contributed by atoms with E-state index in [1.807, 2.05) is 0 Å². The zero-order chi connectivity index (χ0) is 13.4. The smallest absolute Gasteiger partial charge is 0.165 e. The standard InChI is InChI=1S/C15H25N5/c1-2-5-12(6-3-1)14-7-4-10-19(14)11-15-16-17-18-20(15)13-8-9-13/h12-14H,1-11H2. The lowest BCUT2D eigenvalue weighted by atomic mass is 9.83. The normalized spacial score (nSPS) is 29.1. The van der Waals surface area contributed by atoms with Crippen molar-refractivity contribution in [2.45, 2.75) is 76.4 Å². The average molecular weight is 275 g/mol. The Bertz CT molecular complexity index is 447. The highest BCUT2D eigenvalue weighted by molar-refractivity contribution is 4.94. The maximum Gasteiger partial charge on any atom is 0.165 e. The van der Waals surface area contributed by atoms with Gasteiger partial charge in [0.1, 0.15) is 0 Å². The third-order valence-electron chi connectivity index (χ3n) is 5.41. The molecule has 0 spiro atoms. The summed E-state index contributed by atoms with van der Waals surface area (Å²) in [6, 6.07) is 1.38. The highest BCUT2D eigenvalue weighted by Gasteiger charge is 2.34. The molecule has 2 heterocycles. The van der Waals surface area contributed by atoms with Gasteiger partial charge in [0.05, 0.1) is 12.6 Å². The lowest BCUT2D eigenvalue weighted by molar-refractivity contribution is 0.146. The van der Waals surface area contributed by atoms with Gasteiger partial charge in [0.25, 0.3) is 0 Å². The molecule has 4 rings (SSSR count). The number of tetrazole rings is 1. The minimum Gasteiger partial charge on any atom is -0.293 e. The van der Waals surface area contributed by atoms with Crippen LogP contribution >= 0.6 is 0 Å². The second-order valence-electron chi connectivity index (χ2n) is 6.85. The Morgan fingerprint density at radius 1 is 0.950 bits per heavy atom. The second kappa shape index (κ2) is 5.43. The van der Waals surface area contributed by atoms with Crippen molar-refractivity contribution in [1.29, 1.82) is 0 Å². The summed E-state index contributed by atoms with van der Waals surface area (Å²) in [5.74, 6) is 2.02. The minimum absolute atomic E-state index is 0.593. The lowest BCUT2D eigenvalue weighted by Gasteiger charge is -2.33. The van der Waals surface area contributed by atoms with Crippen LogP contribution in [0.5, 0.6) is 0 Å². The quantitative estimate of drug-likeness (QED) is 0.847. The van der Waals surface area contributed by atoms with Gasteiger partial charge in [-0.1, -0.05) is 19.3 Å². The van der Waals surface area contributed by atoms with Crippen molar-refractivity contribution in [3.8, 4) is 0 Å². The number of rotatable bonds is 4. The third kappa shape index (κ3) is 2.48. The first-order valence-corrected chi connectivity index (χ1v) is 8.42. The molecule has 110 valence electrons. The molecule has 2 saturated carbocycles. The van der Waals surface area contributed by atoms with Crippen LogP contribution in [0, 0.1) is 5.92 Å². The van der Waals surface area contributed by atoms with E-state index in [9.17, 15) is 0 Å². The van der Waals surface area contributed by atoms with E-state index in [-0.39, 0.29) is 0 Å². The first-order valence-electron chi connectivity index (χ1n) is 8.42. The van der Waals surface area contributed by atoms with Crippen molar-refractivity contribution in [3.63, 3.8) is 0 Å². The molecule has 2 aliphatic carbocycles. The van der Waals surface area contributed by atoms with E-state index in [2.05, 4.69) is 25.1 Å². The molecular weight excluding hydrogens is 250 g/mol. The molecule has 0 N–H and O–H groups in total. The van der Waals surface area contributed by atoms with Crippen molar-refractivity contribution in [1.82, 2.24) is 25.1 Å². The number of aromatic nitrogens is 4.